The van der Waals surface area contributed by atoms with Gasteiger partial charge in [-0.05, 0) is 43.2 Å². The van der Waals surface area contributed by atoms with E-state index in [9.17, 15) is 8.78 Å². The van der Waals surface area contributed by atoms with E-state index in [2.05, 4.69) is 5.32 Å². The van der Waals surface area contributed by atoms with Crippen molar-refractivity contribution < 1.29 is 13.5 Å². The summed E-state index contributed by atoms with van der Waals surface area (Å²) in [5, 5.41) is 3.20. The van der Waals surface area contributed by atoms with Gasteiger partial charge in [0.1, 0.15) is 23.5 Å². The Labute approximate surface area is 116 Å². The molecule has 4 heteroatoms. The molecule has 2 aromatic rings. The molecule has 1 atom stereocenters. The molecule has 0 aliphatic carbocycles. The van der Waals surface area contributed by atoms with Gasteiger partial charge in [0.15, 0.2) is 0 Å². The van der Waals surface area contributed by atoms with Crippen molar-refractivity contribution in [3.63, 3.8) is 0 Å². The van der Waals surface area contributed by atoms with Crippen LogP contribution in [0.1, 0.15) is 22.8 Å². The molecule has 1 heterocycles. The Morgan fingerprint density at radius 1 is 1.10 bits per heavy atom. The summed E-state index contributed by atoms with van der Waals surface area (Å²) >= 11 is 0. The Morgan fingerprint density at radius 3 is 2.70 bits per heavy atom. The Kier molecular flexibility index (Phi) is 3.08. The number of rotatable bonds is 1. The SMILES string of the molecule is Cc1cc(F)c(C2CNc3cccc(C)c3O2)cc1F. The number of hydrogen-bond donors (Lipinski definition) is 1. The Morgan fingerprint density at radius 2 is 1.90 bits per heavy atom. The molecule has 1 aliphatic heterocycles. The monoisotopic (exact) mass is 275 g/mol. The zero-order valence-electron chi connectivity index (χ0n) is 11.3. The molecule has 0 saturated carbocycles. The van der Waals surface area contributed by atoms with Gasteiger partial charge in [-0.2, -0.15) is 0 Å². The minimum atomic E-state index is -0.529. The summed E-state index contributed by atoms with van der Waals surface area (Å²) in [6, 6.07) is 8.19. The molecule has 2 aromatic carbocycles. The number of aryl methyl sites for hydroxylation is 2. The lowest BCUT2D eigenvalue weighted by Crippen LogP contribution is -2.25. The van der Waals surface area contributed by atoms with Gasteiger partial charge < -0.3 is 10.1 Å². The lowest BCUT2D eigenvalue weighted by Gasteiger charge is -2.29. The summed E-state index contributed by atoms with van der Waals surface area (Å²) in [5.41, 5.74) is 2.39. The van der Waals surface area contributed by atoms with Crippen LogP contribution in [0.15, 0.2) is 30.3 Å². The molecule has 2 nitrogen and oxygen atoms in total. The normalized spacial score (nSPS) is 17.1. The number of nitrogens with one attached hydrogen (secondary N) is 1. The van der Waals surface area contributed by atoms with Crippen LogP contribution in [-0.2, 0) is 0 Å². The highest BCUT2D eigenvalue weighted by Gasteiger charge is 2.25. The summed E-state index contributed by atoms with van der Waals surface area (Å²) in [6.07, 6.45) is -0.529. The molecule has 0 amide bonds. The molecule has 20 heavy (non-hydrogen) atoms. The van der Waals surface area contributed by atoms with Gasteiger partial charge in [0.25, 0.3) is 0 Å². The summed E-state index contributed by atoms with van der Waals surface area (Å²) in [4.78, 5) is 0. The van der Waals surface area contributed by atoms with Crippen molar-refractivity contribution in [1.29, 1.82) is 0 Å². The standard InChI is InChI=1S/C16H15F2NO/c1-9-4-3-5-14-16(9)20-15(8-19-14)11-7-12(17)10(2)6-13(11)18/h3-7,15,19H,8H2,1-2H3. The van der Waals surface area contributed by atoms with E-state index in [-0.39, 0.29) is 5.56 Å². The van der Waals surface area contributed by atoms with Crippen molar-refractivity contribution in [1.82, 2.24) is 0 Å². The molecule has 0 saturated heterocycles. The lowest BCUT2D eigenvalue weighted by atomic mass is 10.0. The van der Waals surface area contributed by atoms with Gasteiger partial charge in [-0.25, -0.2) is 8.78 Å². The van der Waals surface area contributed by atoms with Crippen molar-refractivity contribution in [2.24, 2.45) is 0 Å². The van der Waals surface area contributed by atoms with Gasteiger partial charge in [0.2, 0.25) is 0 Å². The van der Waals surface area contributed by atoms with Crippen LogP contribution >= 0.6 is 0 Å². The third kappa shape index (κ3) is 2.11. The fraction of sp³-hybridized carbons (Fsp3) is 0.250. The van der Waals surface area contributed by atoms with Gasteiger partial charge >= 0.3 is 0 Å². The maximum absolute atomic E-state index is 14.0. The predicted molar refractivity (Wildman–Crippen MR) is 74.1 cm³/mol. The second-order valence-corrected chi connectivity index (χ2v) is 5.06. The van der Waals surface area contributed by atoms with Gasteiger partial charge in [0, 0.05) is 5.56 Å². The Hall–Kier alpha value is -2.10. The second-order valence-electron chi connectivity index (χ2n) is 5.06. The van der Waals surface area contributed by atoms with Crippen molar-refractivity contribution in [3.8, 4) is 5.75 Å². The van der Waals surface area contributed by atoms with E-state index < -0.39 is 17.7 Å². The molecule has 1 unspecified atom stereocenters. The molecule has 3 rings (SSSR count). The zero-order chi connectivity index (χ0) is 14.3. The highest BCUT2D eigenvalue weighted by atomic mass is 19.1. The van der Waals surface area contributed by atoms with E-state index in [1.165, 1.54) is 12.1 Å². The molecule has 1 N–H and O–H groups in total. The van der Waals surface area contributed by atoms with E-state index in [0.717, 1.165) is 11.3 Å². The maximum Gasteiger partial charge on any atom is 0.146 e. The zero-order valence-corrected chi connectivity index (χ0v) is 11.3. The molecule has 0 radical (unpaired) electrons. The van der Waals surface area contributed by atoms with Gasteiger partial charge in [-0.3, -0.25) is 0 Å². The Bertz CT molecular complexity index is 670. The number of hydrogen-bond acceptors (Lipinski definition) is 2. The number of ether oxygens (including phenoxy) is 1. The quantitative estimate of drug-likeness (QED) is 0.845. The van der Waals surface area contributed by atoms with Crippen molar-refractivity contribution in [2.45, 2.75) is 20.0 Å². The van der Waals surface area contributed by atoms with Crippen LogP contribution in [0.3, 0.4) is 0 Å². The largest absolute Gasteiger partial charge is 0.481 e. The average molecular weight is 275 g/mol. The molecule has 1 aliphatic rings. The summed E-state index contributed by atoms with van der Waals surface area (Å²) in [5.74, 6) is -0.155. The highest BCUT2D eigenvalue weighted by molar-refractivity contribution is 5.61. The summed E-state index contributed by atoms with van der Waals surface area (Å²) in [6.45, 7) is 3.88. The van der Waals surface area contributed by atoms with Crippen molar-refractivity contribution >= 4 is 5.69 Å². The van der Waals surface area contributed by atoms with Crippen molar-refractivity contribution in [3.05, 3.63) is 58.7 Å². The second kappa shape index (κ2) is 4.78. The van der Waals surface area contributed by atoms with E-state index in [4.69, 9.17) is 4.74 Å². The van der Waals surface area contributed by atoms with E-state index in [0.29, 0.717) is 17.9 Å². The van der Waals surface area contributed by atoms with Crippen LogP contribution in [0.5, 0.6) is 5.75 Å². The lowest BCUT2D eigenvalue weighted by molar-refractivity contribution is 0.203. The smallest absolute Gasteiger partial charge is 0.146 e. The van der Waals surface area contributed by atoms with Crippen LogP contribution in [0.25, 0.3) is 0 Å². The van der Waals surface area contributed by atoms with Gasteiger partial charge in [0.05, 0.1) is 12.2 Å². The highest BCUT2D eigenvalue weighted by Crippen LogP contribution is 2.37. The number of fused-ring (bicyclic) bond motifs is 1. The number of para-hydroxylation sites is 1. The topological polar surface area (TPSA) is 21.3 Å². The minimum Gasteiger partial charge on any atom is -0.481 e. The molecular formula is C16H15F2NO. The third-order valence-electron chi connectivity index (χ3n) is 3.57. The minimum absolute atomic E-state index is 0.245. The van der Waals surface area contributed by atoms with Gasteiger partial charge in [-0.15, -0.1) is 0 Å². The first-order valence-corrected chi connectivity index (χ1v) is 6.52. The van der Waals surface area contributed by atoms with Gasteiger partial charge in [-0.1, -0.05) is 12.1 Å². The summed E-state index contributed by atoms with van der Waals surface area (Å²) in [7, 11) is 0. The van der Waals surface area contributed by atoms with Crippen LogP contribution < -0.4 is 10.1 Å². The third-order valence-corrected chi connectivity index (χ3v) is 3.57. The summed E-state index contributed by atoms with van der Waals surface area (Å²) < 4.78 is 33.5. The van der Waals surface area contributed by atoms with E-state index in [1.807, 2.05) is 25.1 Å². The van der Waals surface area contributed by atoms with E-state index >= 15 is 0 Å². The molecule has 0 bridgehead atoms. The van der Waals surface area contributed by atoms with Crippen LogP contribution in [-0.4, -0.2) is 6.54 Å². The predicted octanol–water partition coefficient (Wildman–Crippen LogP) is 4.13. The first-order valence-electron chi connectivity index (χ1n) is 6.52. The average Bonchev–Trinajstić information content (AvgIpc) is 2.43. The van der Waals surface area contributed by atoms with E-state index in [1.54, 1.807) is 6.92 Å². The van der Waals surface area contributed by atoms with Crippen LogP contribution in [0.4, 0.5) is 14.5 Å². The molecule has 0 spiro atoms. The number of halogens is 2. The first-order chi connectivity index (χ1) is 9.56. The van der Waals surface area contributed by atoms with Crippen molar-refractivity contribution in [2.75, 3.05) is 11.9 Å². The molecular weight excluding hydrogens is 260 g/mol. The molecule has 104 valence electrons. The number of benzene rings is 2. The molecule has 0 fully saturated rings. The fourth-order valence-electron chi connectivity index (χ4n) is 2.42. The number of anilines is 1. The van der Waals surface area contributed by atoms with Crippen LogP contribution in [0, 0.1) is 25.5 Å². The maximum atomic E-state index is 14.0. The first kappa shape index (κ1) is 12.9. The fourth-order valence-corrected chi connectivity index (χ4v) is 2.42. The Balaban J connectivity index is 1.98. The molecule has 0 aromatic heterocycles. The van der Waals surface area contributed by atoms with Crippen LogP contribution in [0.2, 0.25) is 0 Å².